The molecule has 1 aliphatic rings. The molecule has 0 unspecified atom stereocenters. The van der Waals surface area contributed by atoms with E-state index in [2.05, 4.69) is 15.3 Å². The van der Waals surface area contributed by atoms with Gasteiger partial charge in [0.05, 0.1) is 5.52 Å². The molecule has 0 bridgehead atoms. The Bertz CT molecular complexity index is 555. The van der Waals surface area contributed by atoms with E-state index in [-0.39, 0.29) is 11.8 Å². The first-order valence-corrected chi connectivity index (χ1v) is 6.48. The van der Waals surface area contributed by atoms with E-state index in [0.29, 0.717) is 5.82 Å². The van der Waals surface area contributed by atoms with E-state index in [0.717, 1.165) is 23.7 Å². The van der Waals surface area contributed by atoms with Crippen LogP contribution in [0.25, 0.3) is 10.9 Å². The zero-order valence-electron chi connectivity index (χ0n) is 11.1. The van der Waals surface area contributed by atoms with E-state index in [1.54, 1.807) is 6.20 Å². The Kier molecular flexibility index (Phi) is 3.65. The van der Waals surface area contributed by atoms with Gasteiger partial charge >= 0.3 is 0 Å². The van der Waals surface area contributed by atoms with Crippen molar-refractivity contribution in [1.29, 1.82) is 0 Å². The number of carbonyl (C=O) groups is 1. The highest BCUT2D eigenvalue weighted by molar-refractivity contribution is 5.95. The molecule has 0 radical (unpaired) electrons. The van der Waals surface area contributed by atoms with Crippen LogP contribution in [0.2, 0.25) is 0 Å². The van der Waals surface area contributed by atoms with Crippen LogP contribution in [-0.2, 0) is 4.79 Å². The summed E-state index contributed by atoms with van der Waals surface area (Å²) in [5, 5.41) is 3.94. The number of fused-ring (bicyclic) bond motifs is 1. The quantitative estimate of drug-likeness (QED) is 0.853. The zero-order valence-corrected chi connectivity index (χ0v) is 11.1. The minimum absolute atomic E-state index is 0.0927. The molecule has 0 aliphatic heterocycles. The molecule has 18 heavy (non-hydrogen) atoms. The van der Waals surface area contributed by atoms with Gasteiger partial charge in [-0.05, 0) is 25.3 Å². The molecular weight excluding hydrogens is 226 g/mol. The van der Waals surface area contributed by atoms with Crippen molar-refractivity contribution in [3.05, 3.63) is 24.0 Å². The van der Waals surface area contributed by atoms with Gasteiger partial charge in [0, 0.05) is 29.8 Å². The number of carbonyl (C=O) groups excluding carboxylic acids is 1. The molecule has 96 valence electrons. The molecule has 0 atom stereocenters. The molecule has 2 aromatic heterocycles. The van der Waals surface area contributed by atoms with Gasteiger partial charge in [-0.25, -0.2) is 4.98 Å². The number of rotatable bonds is 2. The molecule has 1 amide bonds. The van der Waals surface area contributed by atoms with Crippen molar-refractivity contribution in [1.82, 2.24) is 9.97 Å². The first-order valence-electron chi connectivity index (χ1n) is 6.48. The number of H-pyrrole nitrogens is 1. The number of nitrogens with zero attached hydrogens (tertiary/aromatic N) is 1. The molecule has 1 aliphatic carbocycles. The standard InChI is InChI=1S/C12H13N3O.C2H6/c1-7-5-13-10-4-11(14-6-9(7)10)15-12(16)8-2-3-8;1-2/h4-6,8,13H,2-3H2,1H3,(H,14,15,16);1-2H3. The lowest BCUT2D eigenvalue weighted by atomic mass is 10.2. The van der Waals surface area contributed by atoms with Crippen molar-refractivity contribution in [2.75, 3.05) is 5.32 Å². The fourth-order valence-electron chi connectivity index (χ4n) is 1.79. The fourth-order valence-corrected chi connectivity index (χ4v) is 1.79. The molecule has 0 aromatic carbocycles. The largest absolute Gasteiger partial charge is 0.361 e. The van der Waals surface area contributed by atoms with Gasteiger partial charge in [0.1, 0.15) is 5.82 Å². The Labute approximate surface area is 107 Å². The first-order chi connectivity index (χ1) is 8.74. The maximum atomic E-state index is 11.6. The fraction of sp³-hybridized carbons (Fsp3) is 0.429. The number of aromatic amines is 1. The molecular formula is C14H19N3O. The molecule has 0 spiro atoms. The summed E-state index contributed by atoms with van der Waals surface area (Å²) in [5.41, 5.74) is 2.18. The second kappa shape index (κ2) is 5.21. The summed E-state index contributed by atoms with van der Waals surface area (Å²) < 4.78 is 0. The lowest BCUT2D eigenvalue weighted by molar-refractivity contribution is -0.117. The lowest BCUT2D eigenvalue weighted by Gasteiger charge is -2.02. The molecule has 2 N–H and O–H groups in total. The molecule has 3 rings (SSSR count). The number of aryl methyl sites for hydroxylation is 1. The first kappa shape index (κ1) is 12.6. The monoisotopic (exact) mass is 245 g/mol. The second-order valence-electron chi connectivity index (χ2n) is 4.35. The van der Waals surface area contributed by atoms with Gasteiger partial charge in [-0.15, -0.1) is 0 Å². The van der Waals surface area contributed by atoms with Gasteiger partial charge in [0.2, 0.25) is 5.91 Å². The highest BCUT2D eigenvalue weighted by atomic mass is 16.2. The number of aromatic nitrogens is 2. The molecule has 1 fully saturated rings. The number of hydrogen-bond donors (Lipinski definition) is 2. The Morgan fingerprint density at radius 3 is 2.83 bits per heavy atom. The Morgan fingerprint density at radius 1 is 1.44 bits per heavy atom. The predicted molar refractivity (Wildman–Crippen MR) is 73.5 cm³/mol. The molecule has 2 heterocycles. The summed E-state index contributed by atoms with van der Waals surface area (Å²) in [6.07, 6.45) is 5.76. The van der Waals surface area contributed by atoms with Crippen LogP contribution < -0.4 is 5.32 Å². The zero-order chi connectivity index (χ0) is 13.1. The van der Waals surface area contributed by atoms with Gasteiger partial charge in [-0.1, -0.05) is 13.8 Å². The molecule has 4 nitrogen and oxygen atoms in total. The topological polar surface area (TPSA) is 57.8 Å². The summed E-state index contributed by atoms with van der Waals surface area (Å²) in [6, 6.07) is 1.88. The Morgan fingerprint density at radius 2 is 2.17 bits per heavy atom. The second-order valence-corrected chi connectivity index (χ2v) is 4.35. The van der Waals surface area contributed by atoms with Crippen molar-refractivity contribution < 1.29 is 4.79 Å². The van der Waals surface area contributed by atoms with Crippen molar-refractivity contribution >= 4 is 22.6 Å². The average Bonchev–Trinajstić information content (AvgIpc) is 3.18. The van der Waals surface area contributed by atoms with E-state index in [9.17, 15) is 4.79 Å². The number of pyridine rings is 1. The van der Waals surface area contributed by atoms with E-state index in [1.165, 1.54) is 5.56 Å². The smallest absolute Gasteiger partial charge is 0.228 e. The summed E-state index contributed by atoms with van der Waals surface area (Å²) in [6.45, 7) is 6.03. The minimum atomic E-state index is 0.0927. The van der Waals surface area contributed by atoms with Gasteiger partial charge in [0.15, 0.2) is 0 Å². The van der Waals surface area contributed by atoms with Gasteiger partial charge in [0.25, 0.3) is 0 Å². The number of hydrogen-bond acceptors (Lipinski definition) is 2. The number of amides is 1. The summed E-state index contributed by atoms with van der Waals surface area (Å²) >= 11 is 0. The lowest BCUT2D eigenvalue weighted by Crippen LogP contribution is -2.14. The maximum absolute atomic E-state index is 11.6. The summed E-state index contributed by atoms with van der Waals surface area (Å²) in [5.74, 6) is 0.934. The van der Waals surface area contributed by atoms with Crippen LogP contribution in [0.15, 0.2) is 18.5 Å². The molecule has 0 saturated heterocycles. The van der Waals surface area contributed by atoms with Gasteiger partial charge < -0.3 is 10.3 Å². The molecule has 2 aromatic rings. The van der Waals surface area contributed by atoms with Crippen LogP contribution in [0.5, 0.6) is 0 Å². The molecule has 4 heteroatoms. The maximum Gasteiger partial charge on any atom is 0.228 e. The van der Waals surface area contributed by atoms with Crippen LogP contribution in [0.4, 0.5) is 5.82 Å². The predicted octanol–water partition coefficient (Wildman–Crippen LogP) is 3.25. The highest BCUT2D eigenvalue weighted by Gasteiger charge is 2.29. The summed E-state index contributed by atoms with van der Waals surface area (Å²) in [4.78, 5) is 18.9. The third-order valence-corrected chi connectivity index (χ3v) is 2.97. The third-order valence-electron chi connectivity index (χ3n) is 2.97. The van der Waals surface area contributed by atoms with Crippen LogP contribution in [0.3, 0.4) is 0 Å². The van der Waals surface area contributed by atoms with Crippen LogP contribution >= 0.6 is 0 Å². The number of anilines is 1. The third kappa shape index (κ3) is 2.53. The van der Waals surface area contributed by atoms with Gasteiger partial charge in [-0.3, -0.25) is 4.79 Å². The van der Waals surface area contributed by atoms with E-state index < -0.39 is 0 Å². The Hall–Kier alpha value is -1.84. The van der Waals surface area contributed by atoms with Crippen molar-refractivity contribution in [3.63, 3.8) is 0 Å². The SMILES string of the molecule is CC.Cc1c[nH]c2cc(NC(=O)C3CC3)ncc12. The average molecular weight is 245 g/mol. The summed E-state index contributed by atoms with van der Waals surface area (Å²) in [7, 11) is 0. The van der Waals surface area contributed by atoms with Crippen LogP contribution in [-0.4, -0.2) is 15.9 Å². The van der Waals surface area contributed by atoms with Crippen molar-refractivity contribution in [2.45, 2.75) is 33.6 Å². The number of nitrogens with one attached hydrogen (secondary N) is 2. The minimum Gasteiger partial charge on any atom is -0.361 e. The van der Waals surface area contributed by atoms with Crippen molar-refractivity contribution in [2.24, 2.45) is 5.92 Å². The van der Waals surface area contributed by atoms with E-state index in [1.807, 2.05) is 33.0 Å². The van der Waals surface area contributed by atoms with Crippen LogP contribution in [0.1, 0.15) is 32.3 Å². The normalized spacial score (nSPS) is 13.9. The van der Waals surface area contributed by atoms with E-state index >= 15 is 0 Å². The molecule has 1 saturated carbocycles. The van der Waals surface area contributed by atoms with Crippen molar-refractivity contribution in [3.8, 4) is 0 Å². The Balaban J connectivity index is 0.000000574. The highest BCUT2D eigenvalue weighted by Crippen LogP contribution is 2.30. The van der Waals surface area contributed by atoms with Gasteiger partial charge in [-0.2, -0.15) is 0 Å². The van der Waals surface area contributed by atoms with Crippen LogP contribution in [0, 0.1) is 12.8 Å². The van der Waals surface area contributed by atoms with E-state index in [4.69, 9.17) is 0 Å².